The van der Waals surface area contributed by atoms with Crippen LogP contribution in [0.5, 0.6) is 0 Å². The van der Waals surface area contributed by atoms with Gasteiger partial charge in [-0.15, -0.1) is 10.2 Å². The van der Waals surface area contributed by atoms with Crippen molar-refractivity contribution < 1.29 is 0 Å². The summed E-state index contributed by atoms with van der Waals surface area (Å²) in [7, 11) is 0. The molecule has 1 unspecified atom stereocenters. The molecular formula is C21H19N7O. The van der Waals surface area contributed by atoms with Gasteiger partial charge in [-0.25, -0.2) is 4.68 Å². The number of aromatic amines is 2. The third-order valence-corrected chi connectivity index (χ3v) is 5.40. The Balaban J connectivity index is 1.73. The molecular weight excluding hydrogens is 366 g/mol. The second-order valence-electron chi connectivity index (χ2n) is 7.18. The summed E-state index contributed by atoms with van der Waals surface area (Å²) < 4.78 is 1.42. The van der Waals surface area contributed by atoms with E-state index in [1.165, 1.54) is 15.6 Å². The van der Waals surface area contributed by atoms with Crippen LogP contribution in [0.15, 0.2) is 53.5 Å². The molecule has 0 amide bonds. The molecule has 0 radical (unpaired) electrons. The van der Waals surface area contributed by atoms with E-state index in [0.29, 0.717) is 11.2 Å². The summed E-state index contributed by atoms with van der Waals surface area (Å²) in [5, 5.41) is 21.3. The Morgan fingerprint density at radius 1 is 1.10 bits per heavy atom. The number of H-pyrrole nitrogens is 2. The number of aryl methyl sites for hydroxylation is 1. The fourth-order valence-electron chi connectivity index (χ4n) is 3.96. The Morgan fingerprint density at radius 3 is 2.72 bits per heavy atom. The molecule has 3 aromatic heterocycles. The fourth-order valence-corrected chi connectivity index (χ4v) is 3.96. The maximum Gasteiger partial charge on any atom is 0.275 e. The van der Waals surface area contributed by atoms with Gasteiger partial charge < -0.3 is 4.98 Å². The quantitative estimate of drug-likeness (QED) is 0.495. The summed E-state index contributed by atoms with van der Waals surface area (Å²) in [6.45, 7) is 4.38. The Hall–Kier alpha value is -3.81. The van der Waals surface area contributed by atoms with E-state index in [2.05, 4.69) is 51.6 Å². The van der Waals surface area contributed by atoms with Crippen LogP contribution < -0.4 is 5.56 Å². The second kappa shape index (κ2) is 6.66. The zero-order chi connectivity index (χ0) is 20.0. The first-order valence-corrected chi connectivity index (χ1v) is 9.42. The van der Waals surface area contributed by atoms with Gasteiger partial charge in [-0.1, -0.05) is 42.5 Å². The summed E-state index contributed by atoms with van der Waals surface area (Å²) in [4.78, 5) is 16.4. The lowest BCUT2D eigenvalue weighted by Gasteiger charge is -2.16. The molecule has 5 rings (SSSR count). The van der Waals surface area contributed by atoms with Crippen LogP contribution in [0.3, 0.4) is 0 Å². The van der Waals surface area contributed by atoms with Crippen LogP contribution >= 0.6 is 0 Å². The van der Waals surface area contributed by atoms with E-state index in [-0.39, 0.29) is 18.0 Å². The van der Waals surface area contributed by atoms with E-state index < -0.39 is 0 Å². The van der Waals surface area contributed by atoms with Crippen LogP contribution in [0.2, 0.25) is 0 Å². The van der Waals surface area contributed by atoms with E-state index in [9.17, 15) is 4.79 Å². The molecule has 3 heterocycles. The average Bonchev–Trinajstić information content (AvgIpc) is 3.40. The van der Waals surface area contributed by atoms with Crippen molar-refractivity contribution in [3.05, 3.63) is 81.7 Å². The summed E-state index contributed by atoms with van der Waals surface area (Å²) in [6.07, 6.45) is 2.04. The van der Waals surface area contributed by atoms with Gasteiger partial charge >= 0.3 is 0 Å². The highest BCUT2D eigenvalue weighted by Gasteiger charge is 2.21. The minimum absolute atomic E-state index is 0.0214. The summed E-state index contributed by atoms with van der Waals surface area (Å²) in [6, 6.07) is 13.8. The molecule has 0 fully saturated rings. The zero-order valence-electron chi connectivity index (χ0n) is 16.0. The van der Waals surface area contributed by atoms with Gasteiger partial charge in [0.15, 0.2) is 5.82 Å². The maximum absolute atomic E-state index is 13.0. The number of nitrogens with one attached hydrogen (secondary N) is 2. The molecule has 0 saturated carbocycles. The van der Waals surface area contributed by atoms with Crippen molar-refractivity contribution in [3.63, 3.8) is 0 Å². The smallest absolute Gasteiger partial charge is 0.275 e. The van der Waals surface area contributed by atoms with Gasteiger partial charge in [0.1, 0.15) is 6.54 Å². The minimum atomic E-state index is -0.170. The number of hydrogen-bond acceptors (Lipinski definition) is 5. The molecule has 1 atom stereocenters. The van der Waals surface area contributed by atoms with Crippen LogP contribution in [0.4, 0.5) is 0 Å². The molecule has 0 bridgehead atoms. The first kappa shape index (κ1) is 17.3. The highest BCUT2D eigenvalue weighted by atomic mass is 16.1. The zero-order valence-corrected chi connectivity index (χ0v) is 16.0. The first-order valence-electron chi connectivity index (χ1n) is 9.42. The summed E-state index contributed by atoms with van der Waals surface area (Å²) in [5.41, 5.74) is 4.12. The van der Waals surface area contributed by atoms with Gasteiger partial charge in [-0.3, -0.25) is 4.79 Å². The number of nitrogens with zero attached hydrogens (tertiary/aromatic N) is 5. The third-order valence-electron chi connectivity index (χ3n) is 5.40. The highest BCUT2D eigenvalue weighted by Crippen LogP contribution is 2.33. The molecule has 0 saturated heterocycles. The molecule has 5 aromatic rings. The molecule has 2 N–H and O–H groups in total. The third kappa shape index (κ3) is 2.80. The van der Waals surface area contributed by atoms with Crippen molar-refractivity contribution in [2.24, 2.45) is 0 Å². The van der Waals surface area contributed by atoms with Crippen molar-refractivity contribution in [3.8, 4) is 0 Å². The molecule has 29 heavy (non-hydrogen) atoms. The van der Waals surface area contributed by atoms with E-state index in [1.54, 1.807) is 0 Å². The standard InChI is InChI=1S/C21H19N7O/c1-12-6-5-9-17-19(12)16(10-22-17)13(2)20-14-7-3-4-8-15(14)21(29)28(25-20)11-18-23-26-27-24-18/h3-10,13,22H,11H2,1-2H3,(H,23,24,26,27). The number of aromatic nitrogens is 7. The lowest BCUT2D eigenvalue weighted by atomic mass is 9.92. The van der Waals surface area contributed by atoms with Gasteiger partial charge in [-0.05, 0) is 30.2 Å². The Kier molecular flexibility index (Phi) is 3.97. The molecule has 0 aliphatic carbocycles. The SMILES string of the molecule is Cc1cccc2[nH]cc(C(C)c3nn(Cc4nn[nH]n4)c(=O)c4ccccc34)c12. The van der Waals surface area contributed by atoms with Gasteiger partial charge in [0.05, 0.1) is 11.1 Å². The van der Waals surface area contributed by atoms with E-state index in [1.807, 2.05) is 36.5 Å². The van der Waals surface area contributed by atoms with Crippen LogP contribution in [-0.2, 0) is 6.54 Å². The molecule has 8 heteroatoms. The second-order valence-corrected chi connectivity index (χ2v) is 7.18. The van der Waals surface area contributed by atoms with Crippen LogP contribution in [0.25, 0.3) is 21.7 Å². The van der Waals surface area contributed by atoms with Crippen LogP contribution in [0.1, 0.15) is 35.5 Å². The number of tetrazole rings is 1. The lowest BCUT2D eigenvalue weighted by molar-refractivity contribution is 0.600. The monoisotopic (exact) mass is 385 g/mol. The molecule has 2 aromatic carbocycles. The minimum Gasteiger partial charge on any atom is -0.361 e. The van der Waals surface area contributed by atoms with Crippen molar-refractivity contribution in [1.29, 1.82) is 0 Å². The van der Waals surface area contributed by atoms with Crippen LogP contribution in [0, 0.1) is 6.92 Å². The normalized spacial score (nSPS) is 12.6. The highest BCUT2D eigenvalue weighted by molar-refractivity contribution is 5.89. The molecule has 0 spiro atoms. The summed E-state index contributed by atoms with van der Waals surface area (Å²) >= 11 is 0. The lowest BCUT2D eigenvalue weighted by Crippen LogP contribution is -2.26. The molecule has 0 aliphatic rings. The molecule has 8 nitrogen and oxygen atoms in total. The molecule has 144 valence electrons. The van der Waals surface area contributed by atoms with Gasteiger partial charge in [0.2, 0.25) is 0 Å². The molecule has 0 aliphatic heterocycles. The Bertz CT molecular complexity index is 1380. The number of fused-ring (bicyclic) bond motifs is 2. The fraction of sp³-hybridized carbons (Fsp3) is 0.190. The van der Waals surface area contributed by atoms with Gasteiger partial charge in [0.25, 0.3) is 5.56 Å². The van der Waals surface area contributed by atoms with E-state index >= 15 is 0 Å². The number of benzene rings is 2. The van der Waals surface area contributed by atoms with E-state index in [4.69, 9.17) is 5.10 Å². The van der Waals surface area contributed by atoms with Crippen molar-refractivity contribution >= 4 is 21.7 Å². The van der Waals surface area contributed by atoms with Crippen molar-refractivity contribution in [2.75, 3.05) is 0 Å². The number of hydrogen-bond donors (Lipinski definition) is 2. The summed E-state index contributed by atoms with van der Waals surface area (Å²) in [5.74, 6) is 0.392. The Labute approximate surface area is 165 Å². The van der Waals surface area contributed by atoms with E-state index in [0.717, 1.165) is 22.2 Å². The number of rotatable bonds is 4. The predicted molar refractivity (Wildman–Crippen MR) is 110 cm³/mol. The van der Waals surface area contributed by atoms with Crippen molar-refractivity contribution in [1.82, 2.24) is 35.4 Å². The maximum atomic E-state index is 13.0. The largest absolute Gasteiger partial charge is 0.361 e. The van der Waals surface area contributed by atoms with Gasteiger partial charge in [-0.2, -0.15) is 10.3 Å². The average molecular weight is 385 g/mol. The van der Waals surface area contributed by atoms with Gasteiger partial charge in [0, 0.05) is 28.4 Å². The van der Waals surface area contributed by atoms with Crippen LogP contribution in [-0.4, -0.2) is 35.4 Å². The topological polar surface area (TPSA) is 105 Å². The van der Waals surface area contributed by atoms with Crippen molar-refractivity contribution in [2.45, 2.75) is 26.3 Å². The first-order chi connectivity index (χ1) is 14.1. The predicted octanol–water partition coefficient (Wildman–Crippen LogP) is 2.90. The Morgan fingerprint density at radius 2 is 1.93 bits per heavy atom.